The number of rotatable bonds is 5. The Bertz CT molecular complexity index is 563. The Morgan fingerprint density at radius 1 is 1.33 bits per heavy atom. The minimum Gasteiger partial charge on any atom is -0.314 e. The first-order chi connectivity index (χ1) is 8.77. The highest BCUT2D eigenvalue weighted by atomic mass is 16.1. The average molecular weight is 243 g/mol. The molecule has 1 N–H and O–H groups in total. The van der Waals surface area contributed by atoms with Crippen molar-refractivity contribution in [2.75, 3.05) is 6.54 Å². The Hall–Kier alpha value is -1.94. The van der Waals surface area contributed by atoms with E-state index in [4.69, 9.17) is 0 Å². The van der Waals surface area contributed by atoms with Crippen molar-refractivity contribution < 1.29 is 0 Å². The molecule has 0 fully saturated rings. The monoisotopic (exact) mass is 243 g/mol. The molecule has 0 bridgehead atoms. The molecule has 94 valence electrons. The van der Waals surface area contributed by atoms with Crippen molar-refractivity contribution in [1.29, 1.82) is 0 Å². The Labute approximate surface area is 106 Å². The fourth-order valence-corrected chi connectivity index (χ4v) is 1.75. The molecule has 2 aromatic rings. The maximum Gasteiger partial charge on any atom is 0.250 e. The fraction of sp³-hybridized carbons (Fsp3) is 0.286. The fourth-order valence-electron chi connectivity index (χ4n) is 1.75. The number of hydrogen-bond donors (Lipinski definition) is 1. The number of hydrogen-bond acceptors (Lipinski definition) is 3. The van der Waals surface area contributed by atoms with Gasteiger partial charge < -0.3 is 9.88 Å². The summed E-state index contributed by atoms with van der Waals surface area (Å²) in [5.41, 5.74) is 2.46. The molecule has 0 aliphatic rings. The summed E-state index contributed by atoms with van der Waals surface area (Å²) in [7, 11) is 0. The van der Waals surface area contributed by atoms with Gasteiger partial charge in [-0.2, -0.15) is 0 Å². The molecule has 2 rings (SSSR count). The topological polar surface area (TPSA) is 46.9 Å². The predicted molar refractivity (Wildman–Crippen MR) is 71.4 cm³/mol. The van der Waals surface area contributed by atoms with E-state index in [0.29, 0.717) is 6.54 Å². The van der Waals surface area contributed by atoms with E-state index < -0.39 is 0 Å². The quantitative estimate of drug-likeness (QED) is 0.806. The summed E-state index contributed by atoms with van der Waals surface area (Å²) in [6.45, 7) is 4.29. The molecule has 0 atom stereocenters. The molecule has 4 nitrogen and oxygen atoms in total. The van der Waals surface area contributed by atoms with E-state index in [0.717, 1.165) is 13.1 Å². The van der Waals surface area contributed by atoms with Gasteiger partial charge in [-0.05, 0) is 30.2 Å². The first-order valence-electron chi connectivity index (χ1n) is 6.03. The predicted octanol–water partition coefficient (Wildman–Crippen LogP) is 1.34. The molecule has 0 aromatic carbocycles. The summed E-state index contributed by atoms with van der Waals surface area (Å²) in [5, 5.41) is 3.32. The molecule has 0 saturated carbocycles. The van der Waals surface area contributed by atoms with Gasteiger partial charge in [0.05, 0.1) is 0 Å². The molecular formula is C14H17N3O. The standard InChI is InChI=1S/C14H17N3O/c1-12-5-6-15-10-13(12)11-16-7-9-17-8-3-2-4-14(17)18/h2-6,8,10,16H,7,9,11H2,1H3. The average Bonchev–Trinajstić information content (AvgIpc) is 2.38. The summed E-state index contributed by atoms with van der Waals surface area (Å²) in [5.74, 6) is 0. The van der Waals surface area contributed by atoms with E-state index in [2.05, 4.69) is 17.2 Å². The summed E-state index contributed by atoms with van der Waals surface area (Å²) in [6, 6.07) is 7.20. The maximum atomic E-state index is 11.5. The van der Waals surface area contributed by atoms with E-state index in [-0.39, 0.29) is 5.56 Å². The molecule has 4 heteroatoms. The van der Waals surface area contributed by atoms with Gasteiger partial charge in [-0.25, -0.2) is 0 Å². The van der Waals surface area contributed by atoms with E-state index in [1.54, 1.807) is 29.1 Å². The lowest BCUT2D eigenvalue weighted by Gasteiger charge is -2.08. The second-order valence-electron chi connectivity index (χ2n) is 4.21. The second-order valence-corrected chi connectivity index (χ2v) is 4.21. The normalized spacial score (nSPS) is 10.5. The van der Waals surface area contributed by atoms with Crippen LogP contribution in [0.5, 0.6) is 0 Å². The van der Waals surface area contributed by atoms with E-state index in [1.165, 1.54) is 11.1 Å². The third-order valence-corrected chi connectivity index (χ3v) is 2.89. The van der Waals surface area contributed by atoms with Crippen molar-refractivity contribution in [3.05, 3.63) is 64.3 Å². The van der Waals surface area contributed by atoms with Gasteiger partial charge in [-0.1, -0.05) is 6.07 Å². The van der Waals surface area contributed by atoms with Crippen molar-refractivity contribution in [1.82, 2.24) is 14.9 Å². The van der Waals surface area contributed by atoms with Crippen LogP contribution in [0, 0.1) is 6.92 Å². The highest BCUT2D eigenvalue weighted by Gasteiger charge is 1.97. The lowest BCUT2D eigenvalue weighted by atomic mass is 10.1. The SMILES string of the molecule is Cc1ccncc1CNCCn1ccccc1=O. The van der Waals surface area contributed by atoms with Crippen molar-refractivity contribution in [2.24, 2.45) is 0 Å². The Morgan fingerprint density at radius 2 is 2.22 bits per heavy atom. The minimum atomic E-state index is 0.0388. The summed E-state index contributed by atoms with van der Waals surface area (Å²) in [6.07, 6.45) is 5.47. The molecule has 0 spiro atoms. The molecule has 0 radical (unpaired) electrons. The molecule has 0 amide bonds. The van der Waals surface area contributed by atoms with Crippen LogP contribution in [0.2, 0.25) is 0 Å². The van der Waals surface area contributed by atoms with Crippen LogP contribution in [-0.4, -0.2) is 16.1 Å². The molecule has 18 heavy (non-hydrogen) atoms. The van der Waals surface area contributed by atoms with Crippen LogP contribution in [0.4, 0.5) is 0 Å². The Morgan fingerprint density at radius 3 is 3.00 bits per heavy atom. The highest BCUT2D eigenvalue weighted by Crippen LogP contribution is 2.03. The van der Waals surface area contributed by atoms with Crippen molar-refractivity contribution >= 4 is 0 Å². The van der Waals surface area contributed by atoms with Gasteiger partial charge in [0.15, 0.2) is 0 Å². The van der Waals surface area contributed by atoms with Crippen LogP contribution in [0.25, 0.3) is 0 Å². The smallest absolute Gasteiger partial charge is 0.250 e. The first-order valence-corrected chi connectivity index (χ1v) is 6.03. The first kappa shape index (κ1) is 12.5. The van der Waals surface area contributed by atoms with Crippen molar-refractivity contribution in [3.8, 4) is 0 Å². The van der Waals surface area contributed by atoms with Crippen LogP contribution in [-0.2, 0) is 13.1 Å². The third-order valence-electron chi connectivity index (χ3n) is 2.89. The molecule has 0 aliphatic heterocycles. The largest absolute Gasteiger partial charge is 0.314 e. The zero-order valence-electron chi connectivity index (χ0n) is 10.5. The van der Waals surface area contributed by atoms with E-state index in [9.17, 15) is 4.79 Å². The van der Waals surface area contributed by atoms with Crippen molar-refractivity contribution in [2.45, 2.75) is 20.0 Å². The van der Waals surface area contributed by atoms with Gasteiger partial charge in [-0.3, -0.25) is 9.78 Å². The number of pyridine rings is 2. The number of aromatic nitrogens is 2. The zero-order valence-corrected chi connectivity index (χ0v) is 10.5. The number of nitrogens with one attached hydrogen (secondary N) is 1. The van der Waals surface area contributed by atoms with Gasteiger partial charge in [0.1, 0.15) is 0 Å². The van der Waals surface area contributed by atoms with Gasteiger partial charge >= 0.3 is 0 Å². The van der Waals surface area contributed by atoms with Crippen LogP contribution < -0.4 is 10.9 Å². The molecule has 0 aliphatic carbocycles. The summed E-state index contributed by atoms with van der Waals surface area (Å²) >= 11 is 0. The zero-order chi connectivity index (χ0) is 12.8. The molecule has 0 unspecified atom stereocenters. The van der Waals surface area contributed by atoms with Gasteiger partial charge in [0.25, 0.3) is 5.56 Å². The third kappa shape index (κ3) is 3.28. The highest BCUT2D eigenvalue weighted by molar-refractivity contribution is 5.20. The van der Waals surface area contributed by atoms with Crippen LogP contribution >= 0.6 is 0 Å². The summed E-state index contributed by atoms with van der Waals surface area (Å²) in [4.78, 5) is 15.6. The van der Waals surface area contributed by atoms with Gasteiger partial charge in [0, 0.05) is 44.3 Å². The molecule has 2 heterocycles. The van der Waals surface area contributed by atoms with Crippen molar-refractivity contribution in [3.63, 3.8) is 0 Å². The van der Waals surface area contributed by atoms with Crippen LogP contribution in [0.15, 0.2) is 47.7 Å². The molecular weight excluding hydrogens is 226 g/mol. The van der Waals surface area contributed by atoms with Crippen LogP contribution in [0.1, 0.15) is 11.1 Å². The second kappa shape index (κ2) is 6.12. The number of aryl methyl sites for hydroxylation is 1. The minimum absolute atomic E-state index is 0.0388. The van der Waals surface area contributed by atoms with Gasteiger partial charge in [0.2, 0.25) is 0 Å². The molecule has 0 saturated heterocycles. The van der Waals surface area contributed by atoms with Crippen LogP contribution in [0.3, 0.4) is 0 Å². The number of nitrogens with zero attached hydrogens (tertiary/aromatic N) is 2. The van der Waals surface area contributed by atoms with E-state index >= 15 is 0 Å². The van der Waals surface area contributed by atoms with E-state index in [1.807, 2.05) is 18.3 Å². The molecule has 2 aromatic heterocycles. The van der Waals surface area contributed by atoms with Gasteiger partial charge in [-0.15, -0.1) is 0 Å². The Kier molecular flexibility index (Phi) is 4.25. The Balaban J connectivity index is 1.82. The lowest BCUT2D eigenvalue weighted by molar-refractivity contribution is 0.584. The maximum absolute atomic E-state index is 11.5. The summed E-state index contributed by atoms with van der Waals surface area (Å²) < 4.78 is 1.70. The lowest BCUT2D eigenvalue weighted by Crippen LogP contribution is -2.26.